The number of carbonyl (C=O) groups excluding carboxylic acids is 1. The molecule has 1 amide bonds. The molecule has 0 aromatic carbocycles. The van der Waals surface area contributed by atoms with Crippen LogP contribution >= 0.6 is 0 Å². The van der Waals surface area contributed by atoms with Crippen molar-refractivity contribution in [2.75, 3.05) is 20.1 Å². The van der Waals surface area contributed by atoms with Crippen molar-refractivity contribution in [1.82, 2.24) is 10.2 Å². The van der Waals surface area contributed by atoms with Gasteiger partial charge in [-0.3, -0.25) is 4.79 Å². The maximum atomic E-state index is 12.3. The molecule has 3 heteroatoms. The third kappa shape index (κ3) is 1.86. The highest BCUT2D eigenvalue weighted by molar-refractivity contribution is 5.79. The van der Waals surface area contributed by atoms with Gasteiger partial charge in [0.2, 0.25) is 5.91 Å². The number of nitrogens with one attached hydrogen (secondary N) is 1. The van der Waals surface area contributed by atoms with Crippen LogP contribution in [0.2, 0.25) is 0 Å². The number of carbonyl (C=O) groups is 1. The van der Waals surface area contributed by atoms with Gasteiger partial charge in [0, 0.05) is 25.0 Å². The summed E-state index contributed by atoms with van der Waals surface area (Å²) in [6.45, 7) is 1.92. The molecule has 3 atom stereocenters. The fourth-order valence-corrected chi connectivity index (χ4v) is 3.59. The van der Waals surface area contributed by atoms with Gasteiger partial charge in [0.15, 0.2) is 0 Å². The number of hydrogen-bond acceptors (Lipinski definition) is 2. The maximum Gasteiger partial charge on any atom is 0.225 e. The van der Waals surface area contributed by atoms with Crippen LogP contribution in [0.1, 0.15) is 32.1 Å². The zero-order chi connectivity index (χ0) is 11.1. The van der Waals surface area contributed by atoms with Crippen molar-refractivity contribution in [2.45, 2.75) is 38.1 Å². The third-order valence-electron chi connectivity index (χ3n) is 4.73. The second-order valence-corrected chi connectivity index (χ2v) is 5.84. The molecule has 2 saturated carbocycles. The summed E-state index contributed by atoms with van der Waals surface area (Å²) in [4.78, 5) is 14.4. The number of nitrogens with zero attached hydrogens (tertiary/aromatic N) is 1. The van der Waals surface area contributed by atoms with E-state index in [2.05, 4.69) is 10.2 Å². The molecular weight excluding hydrogens is 200 g/mol. The number of rotatable bonds is 2. The molecule has 90 valence electrons. The lowest BCUT2D eigenvalue weighted by Gasteiger charge is -2.34. The minimum absolute atomic E-state index is 0.374. The molecule has 2 aliphatic carbocycles. The van der Waals surface area contributed by atoms with Crippen LogP contribution in [-0.2, 0) is 4.79 Å². The highest BCUT2D eigenvalue weighted by atomic mass is 16.2. The molecule has 3 rings (SSSR count). The minimum atomic E-state index is 0.374. The van der Waals surface area contributed by atoms with Gasteiger partial charge in [-0.1, -0.05) is 0 Å². The van der Waals surface area contributed by atoms with Crippen molar-refractivity contribution < 1.29 is 4.79 Å². The van der Waals surface area contributed by atoms with E-state index in [0.29, 0.717) is 17.9 Å². The summed E-state index contributed by atoms with van der Waals surface area (Å²) in [5, 5.41) is 3.30. The SMILES string of the molecule is CNC1CCCN(C(=O)C2CC3CC3C2)C1. The fraction of sp³-hybridized carbons (Fsp3) is 0.923. The number of piperidine rings is 1. The second kappa shape index (κ2) is 4.02. The van der Waals surface area contributed by atoms with Crippen LogP contribution in [0.3, 0.4) is 0 Å². The number of hydrogen-bond donors (Lipinski definition) is 1. The van der Waals surface area contributed by atoms with Gasteiger partial charge in [-0.2, -0.15) is 0 Å². The molecule has 3 aliphatic rings. The molecule has 1 heterocycles. The van der Waals surface area contributed by atoms with E-state index >= 15 is 0 Å². The predicted molar refractivity (Wildman–Crippen MR) is 63.0 cm³/mol. The van der Waals surface area contributed by atoms with E-state index in [1.54, 1.807) is 0 Å². The number of likely N-dealkylation sites (tertiary alicyclic amines) is 1. The van der Waals surface area contributed by atoms with Gasteiger partial charge in [0.05, 0.1) is 0 Å². The molecule has 0 bridgehead atoms. The van der Waals surface area contributed by atoms with Gasteiger partial charge >= 0.3 is 0 Å². The van der Waals surface area contributed by atoms with E-state index in [-0.39, 0.29) is 0 Å². The number of amides is 1. The van der Waals surface area contributed by atoms with Crippen molar-refractivity contribution in [3.05, 3.63) is 0 Å². The Morgan fingerprint density at radius 2 is 2.00 bits per heavy atom. The van der Waals surface area contributed by atoms with Gasteiger partial charge in [-0.15, -0.1) is 0 Å². The van der Waals surface area contributed by atoms with Crippen LogP contribution in [0.25, 0.3) is 0 Å². The van der Waals surface area contributed by atoms with E-state index in [1.807, 2.05) is 7.05 Å². The Morgan fingerprint density at radius 3 is 2.69 bits per heavy atom. The Bertz CT molecular complexity index is 282. The lowest BCUT2D eigenvalue weighted by Crippen LogP contribution is -2.48. The fourth-order valence-electron chi connectivity index (χ4n) is 3.59. The smallest absolute Gasteiger partial charge is 0.225 e. The summed E-state index contributed by atoms with van der Waals surface area (Å²) >= 11 is 0. The lowest BCUT2D eigenvalue weighted by molar-refractivity contribution is -0.137. The minimum Gasteiger partial charge on any atom is -0.341 e. The van der Waals surface area contributed by atoms with E-state index in [0.717, 1.165) is 31.3 Å². The molecule has 1 N–H and O–H groups in total. The molecule has 1 aliphatic heterocycles. The first-order chi connectivity index (χ1) is 7.78. The first-order valence-electron chi connectivity index (χ1n) is 6.74. The molecule has 16 heavy (non-hydrogen) atoms. The van der Waals surface area contributed by atoms with Gasteiger partial charge in [-0.25, -0.2) is 0 Å². The highest BCUT2D eigenvalue weighted by Gasteiger charge is 2.48. The van der Waals surface area contributed by atoms with Crippen LogP contribution in [0.15, 0.2) is 0 Å². The summed E-state index contributed by atoms with van der Waals surface area (Å²) < 4.78 is 0. The van der Waals surface area contributed by atoms with E-state index in [4.69, 9.17) is 0 Å². The predicted octanol–water partition coefficient (Wildman–Crippen LogP) is 1.24. The van der Waals surface area contributed by atoms with Gasteiger partial charge in [0.25, 0.3) is 0 Å². The maximum absolute atomic E-state index is 12.3. The molecule has 1 saturated heterocycles. The molecule has 0 aromatic rings. The molecule has 3 fully saturated rings. The van der Waals surface area contributed by atoms with E-state index in [9.17, 15) is 4.79 Å². The van der Waals surface area contributed by atoms with Crippen molar-refractivity contribution in [2.24, 2.45) is 17.8 Å². The summed E-state index contributed by atoms with van der Waals surface area (Å²) in [5.74, 6) is 2.66. The lowest BCUT2D eigenvalue weighted by atomic mass is 9.99. The van der Waals surface area contributed by atoms with Crippen molar-refractivity contribution >= 4 is 5.91 Å². The molecule has 3 nitrogen and oxygen atoms in total. The van der Waals surface area contributed by atoms with Gasteiger partial charge in [-0.05, 0) is 51.0 Å². The van der Waals surface area contributed by atoms with Crippen LogP contribution < -0.4 is 5.32 Å². The number of fused-ring (bicyclic) bond motifs is 1. The van der Waals surface area contributed by atoms with Crippen molar-refractivity contribution in [1.29, 1.82) is 0 Å². The Morgan fingerprint density at radius 1 is 1.25 bits per heavy atom. The molecule has 0 radical (unpaired) electrons. The largest absolute Gasteiger partial charge is 0.341 e. The van der Waals surface area contributed by atoms with Crippen LogP contribution in [0, 0.1) is 17.8 Å². The van der Waals surface area contributed by atoms with Gasteiger partial charge in [0.1, 0.15) is 0 Å². The monoisotopic (exact) mass is 222 g/mol. The first kappa shape index (κ1) is 10.6. The third-order valence-corrected chi connectivity index (χ3v) is 4.73. The van der Waals surface area contributed by atoms with Crippen LogP contribution in [0.4, 0.5) is 0 Å². The Labute approximate surface area is 97.6 Å². The zero-order valence-electron chi connectivity index (χ0n) is 10.1. The van der Waals surface area contributed by atoms with Crippen LogP contribution in [0.5, 0.6) is 0 Å². The zero-order valence-corrected chi connectivity index (χ0v) is 10.1. The Balaban J connectivity index is 1.57. The van der Waals surface area contributed by atoms with Gasteiger partial charge < -0.3 is 10.2 Å². The van der Waals surface area contributed by atoms with Crippen molar-refractivity contribution in [3.63, 3.8) is 0 Å². The quantitative estimate of drug-likeness (QED) is 0.762. The Hall–Kier alpha value is -0.570. The molecular formula is C13H22N2O. The summed E-state index contributed by atoms with van der Waals surface area (Å²) in [5.41, 5.74) is 0. The van der Waals surface area contributed by atoms with E-state index < -0.39 is 0 Å². The standard InChI is InChI=1S/C13H22N2O/c1-14-12-3-2-4-15(8-12)13(16)11-6-9-5-10(9)7-11/h9-12,14H,2-8H2,1H3. The highest BCUT2D eigenvalue weighted by Crippen LogP contribution is 2.54. The van der Waals surface area contributed by atoms with Crippen LogP contribution in [-0.4, -0.2) is 37.0 Å². The normalized spacial score (nSPS) is 41.9. The average molecular weight is 222 g/mol. The second-order valence-electron chi connectivity index (χ2n) is 5.84. The summed E-state index contributed by atoms with van der Waals surface area (Å²) in [7, 11) is 2.00. The Kier molecular flexibility index (Phi) is 2.66. The summed E-state index contributed by atoms with van der Waals surface area (Å²) in [6, 6.07) is 0.522. The number of likely N-dealkylation sites (N-methyl/N-ethyl adjacent to an activating group) is 1. The first-order valence-corrected chi connectivity index (χ1v) is 6.74. The molecule has 0 aromatic heterocycles. The van der Waals surface area contributed by atoms with Crippen molar-refractivity contribution in [3.8, 4) is 0 Å². The molecule has 0 spiro atoms. The topological polar surface area (TPSA) is 32.3 Å². The summed E-state index contributed by atoms with van der Waals surface area (Å²) in [6.07, 6.45) is 6.16. The molecule has 3 unspecified atom stereocenters. The van der Waals surface area contributed by atoms with E-state index in [1.165, 1.54) is 25.7 Å². The average Bonchev–Trinajstić information content (AvgIpc) is 2.95.